The van der Waals surface area contributed by atoms with E-state index in [0.29, 0.717) is 6.61 Å². The van der Waals surface area contributed by atoms with Crippen molar-refractivity contribution in [3.8, 4) is 5.75 Å². The minimum Gasteiger partial charge on any atom is -0.492 e. The second kappa shape index (κ2) is 6.10. The summed E-state index contributed by atoms with van der Waals surface area (Å²) >= 11 is 0. The highest BCUT2D eigenvalue weighted by Gasteiger charge is 1.96. The smallest absolute Gasteiger partial charge is 0.119 e. The van der Waals surface area contributed by atoms with E-state index in [2.05, 4.69) is 37.4 Å². The lowest BCUT2D eigenvalue weighted by molar-refractivity contribution is 0.333. The summed E-state index contributed by atoms with van der Waals surface area (Å²) in [5.41, 5.74) is 3.78. The molecule has 2 rings (SSSR count). The van der Waals surface area contributed by atoms with Crippen LogP contribution >= 0.6 is 0 Å². The molecule has 0 amide bonds. The van der Waals surface area contributed by atoms with Crippen LogP contribution in [0.4, 0.5) is 5.69 Å². The quantitative estimate of drug-likeness (QED) is 0.804. The van der Waals surface area contributed by atoms with E-state index in [-0.39, 0.29) is 0 Å². The van der Waals surface area contributed by atoms with Crippen molar-refractivity contribution in [1.29, 1.82) is 0 Å². The zero-order valence-corrected chi connectivity index (χ0v) is 10.9. The molecule has 2 heteroatoms. The third-order valence-electron chi connectivity index (χ3n) is 2.95. The van der Waals surface area contributed by atoms with Crippen LogP contribution in [0.3, 0.4) is 0 Å². The number of hydrogen-bond acceptors (Lipinski definition) is 2. The maximum atomic E-state index is 5.62. The molecule has 2 nitrogen and oxygen atoms in total. The van der Waals surface area contributed by atoms with E-state index in [4.69, 9.17) is 4.74 Å². The fourth-order valence-corrected chi connectivity index (χ4v) is 1.73. The largest absolute Gasteiger partial charge is 0.492 e. The Labute approximate surface area is 109 Å². The van der Waals surface area contributed by atoms with Crippen LogP contribution in [-0.4, -0.2) is 13.2 Å². The van der Waals surface area contributed by atoms with Gasteiger partial charge >= 0.3 is 0 Å². The predicted molar refractivity (Wildman–Crippen MR) is 76.3 cm³/mol. The Kier molecular flexibility index (Phi) is 4.24. The first-order valence-electron chi connectivity index (χ1n) is 6.25. The average Bonchev–Trinajstić information content (AvgIpc) is 2.40. The molecule has 1 N–H and O–H groups in total. The monoisotopic (exact) mass is 241 g/mol. The number of hydrogen-bond donors (Lipinski definition) is 1. The maximum absolute atomic E-state index is 5.62. The standard InChI is InChI=1S/C16H19NO/c1-13-8-9-15(12-14(13)2)17-10-11-18-16-6-4-3-5-7-16/h3-9,12,17H,10-11H2,1-2H3. The van der Waals surface area contributed by atoms with Crippen LogP contribution in [0.1, 0.15) is 11.1 Å². The fraction of sp³-hybridized carbons (Fsp3) is 0.250. The van der Waals surface area contributed by atoms with Crippen molar-refractivity contribution >= 4 is 5.69 Å². The SMILES string of the molecule is Cc1ccc(NCCOc2ccccc2)cc1C. The van der Waals surface area contributed by atoms with Gasteiger partial charge in [-0.15, -0.1) is 0 Å². The number of nitrogens with one attached hydrogen (secondary N) is 1. The van der Waals surface area contributed by atoms with Gasteiger partial charge in [-0.25, -0.2) is 0 Å². The number of anilines is 1. The second-order valence-corrected chi connectivity index (χ2v) is 4.39. The van der Waals surface area contributed by atoms with Crippen molar-refractivity contribution in [3.05, 3.63) is 59.7 Å². The first-order valence-corrected chi connectivity index (χ1v) is 6.25. The van der Waals surface area contributed by atoms with Crippen LogP contribution in [0.2, 0.25) is 0 Å². The van der Waals surface area contributed by atoms with Crippen LogP contribution in [0.5, 0.6) is 5.75 Å². The van der Waals surface area contributed by atoms with Crippen molar-refractivity contribution in [1.82, 2.24) is 0 Å². The number of aryl methyl sites for hydroxylation is 2. The third-order valence-corrected chi connectivity index (χ3v) is 2.95. The lowest BCUT2D eigenvalue weighted by Crippen LogP contribution is -2.11. The summed E-state index contributed by atoms with van der Waals surface area (Å²) < 4.78 is 5.62. The maximum Gasteiger partial charge on any atom is 0.119 e. The fourth-order valence-electron chi connectivity index (χ4n) is 1.73. The first-order chi connectivity index (χ1) is 8.75. The van der Waals surface area contributed by atoms with E-state index in [0.717, 1.165) is 18.0 Å². The molecule has 0 aliphatic carbocycles. The molecule has 18 heavy (non-hydrogen) atoms. The van der Waals surface area contributed by atoms with E-state index in [9.17, 15) is 0 Å². The molecule has 0 saturated carbocycles. The average molecular weight is 241 g/mol. The van der Waals surface area contributed by atoms with Gasteiger partial charge in [0.2, 0.25) is 0 Å². The lowest BCUT2D eigenvalue weighted by Gasteiger charge is -2.10. The normalized spacial score (nSPS) is 10.1. The van der Waals surface area contributed by atoms with Gasteiger partial charge in [0.25, 0.3) is 0 Å². The number of benzene rings is 2. The van der Waals surface area contributed by atoms with Crippen LogP contribution in [0.25, 0.3) is 0 Å². The van der Waals surface area contributed by atoms with Gasteiger partial charge in [-0.05, 0) is 49.2 Å². The van der Waals surface area contributed by atoms with Crippen molar-refractivity contribution in [2.24, 2.45) is 0 Å². The highest BCUT2D eigenvalue weighted by Crippen LogP contribution is 2.14. The molecule has 0 aliphatic heterocycles. The molecule has 0 fully saturated rings. The Bertz CT molecular complexity index is 494. The third kappa shape index (κ3) is 3.52. The summed E-state index contributed by atoms with van der Waals surface area (Å²) in [5, 5.41) is 3.36. The first kappa shape index (κ1) is 12.5. The van der Waals surface area contributed by atoms with Crippen LogP contribution < -0.4 is 10.1 Å². The van der Waals surface area contributed by atoms with Gasteiger partial charge < -0.3 is 10.1 Å². The van der Waals surface area contributed by atoms with Crippen molar-refractivity contribution in [2.75, 3.05) is 18.5 Å². The number of ether oxygens (including phenoxy) is 1. The molecule has 0 unspecified atom stereocenters. The van der Waals surface area contributed by atoms with Crippen molar-refractivity contribution < 1.29 is 4.74 Å². The van der Waals surface area contributed by atoms with Crippen LogP contribution in [0.15, 0.2) is 48.5 Å². The highest BCUT2D eigenvalue weighted by molar-refractivity contribution is 5.48. The predicted octanol–water partition coefficient (Wildman–Crippen LogP) is 3.79. The van der Waals surface area contributed by atoms with Gasteiger partial charge in [-0.1, -0.05) is 24.3 Å². The molecular weight excluding hydrogens is 222 g/mol. The minimum absolute atomic E-state index is 0.664. The molecule has 0 saturated heterocycles. The Balaban J connectivity index is 1.77. The number of rotatable bonds is 5. The van der Waals surface area contributed by atoms with Gasteiger partial charge in [0.15, 0.2) is 0 Å². The van der Waals surface area contributed by atoms with Gasteiger partial charge in [0.1, 0.15) is 12.4 Å². The molecule has 0 radical (unpaired) electrons. The summed E-state index contributed by atoms with van der Waals surface area (Å²) in [6.45, 7) is 5.72. The summed E-state index contributed by atoms with van der Waals surface area (Å²) in [4.78, 5) is 0. The van der Waals surface area contributed by atoms with E-state index in [1.165, 1.54) is 11.1 Å². The molecule has 94 valence electrons. The molecule has 2 aromatic rings. The minimum atomic E-state index is 0.664. The van der Waals surface area contributed by atoms with Gasteiger partial charge in [-0.2, -0.15) is 0 Å². The van der Waals surface area contributed by atoms with Crippen molar-refractivity contribution in [3.63, 3.8) is 0 Å². The summed E-state index contributed by atoms with van der Waals surface area (Å²) in [6.07, 6.45) is 0. The van der Waals surface area contributed by atoms with E-state index >= 15 is 0 Å². The molecule has 0 bridgehead atoms. The molecule has 0 aromatic heterocycles. The zero-order valence-electron chi connectivity index (χ0n) is 10.9. The van der Waals surface area contributed by atoms with Gasteiger partial charge in [-0.3, -0.25) is 0 Å². The molecule has 0 atom stereocenters. The molecular formula is C16H19NO. The Morgan fingerprint density at radius 1 is 0.944 bits per heavy atom. The molecule has 0 aliphatic rings. The summed E-state index contributed by atoms with van der Waals surface area (Å²) in [5.74, 6) is 0.916. The molecule has 2 aromatic carbocycles. The van der Waals surface area contributed by atoms with E-state index in [1.54, 1.807) is 0 Å². The van der Waals surface area contributed by atoms with E-state index in [1.807, 2.05) is 30.3 Å². The van der Waals surface area contributed by atoms with Gasteiger partial charge in [0, 0.05) is 12.2 Å². The Morgan fingerprint density at radius 2 is 1.72 bits per heavy atom. The van der Waals surface area contributed by atoms with Crippen LogP contribution in [0, 0.1) is 13.8 Å². The van der Waals surface area contributed by atoms with Gasteiger partial charge in [0.05, 0.1) is 0 Å². The summed E-state index contributed by atoms with van der Waals surface area (Å²) in [6, 6.07) is 16.3. The van der Waals surface area contributed by atoms with E-state index < -0.39 is 0 Å². The highest BCUT2D eigenvalue weighted by atomic mass is 16.5. The van der Waals surface area contributed by atoms with Crippen LogP contribution in [-0.2, 0) is 0 Å². The van der Waals surface area contributed by atoms with Crippen molar-refractivity contribution in [2.45, 2.75) is 13.8 Å². The lowest BCUT2D eigenvalue weighted by atomic mass is 10.1. The molecule has 0 spiro atoms. The summed E-state index contributed by atoms with van der Waals surface area (Å²) in [7, 11) is 0. The molecule has 0 heterocycles. The Morgan fingerprint density at radius 3 is 2.44 bits per heavy atom. The number of para-hydroxylation sites is 1. The topological polar surface area (TPSA) is 21.3 Å². The zero-order chi connectivity index (χ0) is 12.8. The Hall–Kier alpha value is -1.96. The second-order valence-electron chi connectivity index (χ2n) is 4.39.